The Bertz CT molecular complexity index is 707. The van der Waals surface area contributed by atoms with E-state index in [1.807, 2.05) is 60.7 Å². The average Bonchev–Trinajstić information content (AvgIpc) is 2.74. The fourth-order valence-corrected chi connectivity index (χ4v) is 3.62. The second-order valence-electron chi connectivity index (χ2n) is 6.84. The Hall–Kier alpha value is -1.80. The van der Waals surface area contributed by atoms with Crippen molar-refractivity contribution >= 4 is 0 Å². The van der Waals surface area contributed by atoms with Crippen LogP contribution in [0.2, 0.25) is 0 Å². The Balaban J connectivity index is 1.46. The molecule has 0 bridgehead atoms. The van der Waals surface area contributed by atoms with Crippen molar-refractivity contribution in [3.05, 3.63) is 71.8 Å². The van der Waals surface area contributed by atoms with E-state index in [1.165, 1.54) is 0 Å². The molecule has 2 aliphatic rings. The molecule has 2 fully saturated rings. The molecule has 144 valence electrons. The van der Waals surface area contributed by atoms with E-state index in [1.54, 1.807) is 7.11 Å². The van der Waals surface area contributed by atoms with E-state index in [0.717, 1.165) is 11.1 Å². The van der Waals surface area contributed by atoms with E-state index < -0.39 is 30.8 Å². The van der Waals surface area contributed by atoms with Crippen molar-refractivity contribution < 1.29 is 24.1 Å². The first-order chi connectivity index (χ1) is 13.3. The van der Waals surface area contributed by atoms with Gasteiger partial charge in [-0.15, -0.1) is 0 Å². The summed E-state index contributed by atoms with van der Waals surface area (Å²) in [7, 11) is 1.58. The summed E-state index contributed by atoms with van der Waals surface area (Å²) in [5, 5.41) is 14.4. The van der Waals surface area contributed by atoms with Crippen molar-refractivity contribution in [3.63, 3.8) is 0 Å². The van der Waals surface area contributed by atoms with E-state index in [-0.39, 0.29) is 6.10 Å². The minimum atomic E-state index is -0.785. The number of nitrogens with one attached hydrogen (secondary N) is 1. The number of rotatable bonds is 5. The molecule has 0 spiro atoms. The predicted octanol–water partition coefficient (Wildman–Crippen LogP) is 1.99. The van der Waals surface area contributed by atoms with Gasteiger partial charge < -0.3 is 29.4 Å². The smallest absolute Gasteiger partial charge is 0.184 e. The number of hydrogen-bond donors (Lipinski definition) is 2. The lowest BCUT2D eigenvalue weighted by Gasteiger charge is -2.47. The number of benzene rings is 2. The zero-order chi connectivity index (χ0) is 18.6. The number of methoxy groups -OCH3 is 1. The summed E-state index contributed by atoms with van der Waals surface area (Å²) in [5.41, 5.74) is 2.04. The molecule has 2 heterocycles. The molecule has 6 nitrogen and oxygen atoms in total. The van der Waals surface area contributed by atoms with Crippen molar-refractivity contribution in [1.29, 1.82) is 0 Å². The van der Waals surface area contributed by atoms with Gasteiger partial charge in [0.2, 0.25) is 0 Å². The zero-order valence-electron chi connectivity index (χ0n) is 15.2. The minimum absolute atomic E-state index is 0.340. The van der Waals surface area contributed by atoms with Gasteiger partial charge in [0.05, 0.1) is 12.6 Å². The summed E-state index contributed by atoms with van der Waals surface area (Å²) in [6, 6.07) is 19.3. The third kappa shape index (κ3) is 4.06. The highest BCUT2D eigenvalue weighted by molar-refractivity contribution is 5.17. The molecule has 2 aliphatic heterocycles. The minimum Gasteiger partial charge on any atom is -0.388 e. The molecule has 6 heteroatoms. The fraction of sp³-hybridized carbons (Fsp3) is 0.429. The van der Waals surface area contributed by atoms with Crippen LogP contribution >= 0.6 is 0 Å². The quantitative estimate of drug-likeness (QED) is 0.838. The highest BCUT2D eigenvalue weighted by Crippen LogP contribution is 2.34. The molecule has 2 saturated heterocycles. The number of ether oxygens (including phenoxy) is 4. The highest BCUT2D eigenvalue weighted by atomic mass is 16.7. The third-order valence-electron chi connectivity index (χ3n) is 5.05. The lowest BCUT2D eigenvalue weighted by atomic mass is 9.95. The Morgan fingerprint density at radius 3 is 2.44 bits per heavy atom. The first kappa shape index (κ1) is 18.6. The van der Waals surface area contributed by atoms with Gasteiger partial charge in [-0.05, 0) is 5.56 Å². The van der Waals surface area contributed by atoms with Crippen LogP contribution in [-0.4, -0.2) is 49.5 Å². The second kappa shape index (κ2) is 8.48. The second-order valence-corrected chi connectivity index (χ2v) is 6.84. The monoisotopic (exact) mass is 371 g/mol. The van der Waals surface area contributed by atoms with Crippen LogP contribution < -0.4 is 5.32 Å². The van der Waals surface area contributed by atoms with Crippen LogP contribution in [0.5, 0.6) is 0 Å². The SMILES string of the molecule is CO[C@@H]1O[C@@H]2CO[C@@H](c3ccccc3)O[C@H]2[C@H](O)[C@H]1NCc1ccccc1. The van der Waals surface area contributed by atoms with E-state index in [4.69, 9.17) is 18.9 Å². The molecule has 2 aromatic carbocycles. The van der Waals surface area contributed by atoms with Gasteiger partial charge in [-0.25, -0.2) is 0 Å². The van der Waals surface area contributed by atoms with Crippen LogP contribution in [0.4, 0.5) is 0 Å². The Labute approximate surface area is 159 Å². The van der Waals surface area contributed by atoms with Crippen LogP contribution in [0.3, 0.4) is 0 Å². The molecule has 0 radical (unpaired) electrons. The Morgan fingerprint density at radius 1 is 1.04 bits per heavy atom. The molecule has 0 aliphatic carbocycles. The van der Waals surface area contributed by atoms with Crippen molar-refractivity contribution in [3.8, 4) is 0 Å². The van der Waals surface area contributed by atoms with Crippen LogP contribution in [0.25, 0.3) is 0 Å². The van der Waals surface area contributed by atoms with Crippen LogP contribution in [0.1, 0.15) is 17.4 Å². The summed E-state index contributed by atoms with van der Waals surface area (Å²) in [6.07, 6.45) is -2.75. The normalized spacial score (nSPS) is 33.4. The largest absolute Gasteiger partial charge is 0.388 e. The molecular formula is C21H25NO5. The predicted molar refractivity (Wildman–Crippen MR) is 98.8 cm³/mol. The van der Waals surface area contributed by atoms with Gasteiger partial charge in [-0.1, -0.05) is 60.7 Å². The number of fused-ring (bicyclic) bond motifs is 1. The molecule has 2 aromatic rings. The van der Waals surface area contributed by atoms with Crippen molar-refractivity contribution in [2.45, 2.75) is 43.5 Å². The Morgan fingerprint density at radius 2 is 1.74 bits per heavy atom. The summed E-state index contributed by atoms with van der Waals surface area (Å²) >= 11 is 0. The number of hydrogen-bond acceptors (Lipinski definition) is 6. The van der Waals surface area contributed by atoms with E-state index in [0.29, 0.717) is 13.2 Å². The average molecular weight is 371 g/mol. The first-order valence-corrected chi connectivity index (χ1v) is 9.22. The molecule has 0 saturated carbocycles. The summed E-state index contributed by atoms with van der Waals surface area (Å²) in [6.45, 7) is 0.939. The zero-order valence-corrected chi connectivity index (χ0v) is 15.2. The molecule has 0 amide bonds. The van der Waals surface area contributed by atoms with Gasteiger partial charge in [0.1, 0.15) is 18.3 Å². The lowest BCUT2D eigenvalue weighted by molar-refractivity contribution is -0.341. The molecular weight excluding hydrogens is 346 g/mol. The maximum atomic E-state index is 11.0. The Kier molecular flexibility index (Phi) is 5.83. The maximum Gasteiger partial charge on any atom is 0.184 e. The number of aliphatic hydroxyl groups is 1. The maximum absolute atomic E-state index is 11.0. The summed E-state index contributed by atoms with van der Waals surface area (Å²) in [4.78, 5) is 0. The number of aliphatic hydroxyl groups excluding tert-OH is 1. The van der Waals surface area contributed by atoms with Gasteiger partial charge in [0, 0.05) is 19.2 Å². The summed E-state index contributed by atoms with van der Waals surface area (Å²) in [5.74, 6) is 0. The van der Waals surface area contributed by atoms with Gasteiger partial charge in [0.25, 0.3) is 0 Å². The fourth-order valence-electron chi connectivity index (χ4n) is 3.62. The first-order valence-electron chi connectivity index (χ1n) is 9.22. The van der Waals surface area contributed by atoms with Crippen LogP contribution in [-0.2, 0) is 25.5 Å². The van der Waals surface area contributed by atoms with Crippen LogP contribution in [0.15, 0.2) is 60.7 Å². The molecule has 6 atom stereocenters. The molecule has 27 heavy (non-hydrogen) atoms. The molecule has 4 rings (SSSR count). The van der Waals surface area contributed by atoms with E-state index >= 15 is 0 Å². The van der Waals surface area contributed by atoms with Gasteiger partial charge in [-0.2, -0.15) is 0 Å². The highest BCUT2D eigenvalue weighted by Gasteiger charge is 2.49. The van der Waals surface area contributed by atoms with Crippen LogP contribution in [0, 0.1) is 0 Å². The van der Waals surface area contributed by atoms with E-state index in [2.05, 4.69) is 5.32 Å². The summed E-state index contributed by atoms with van der Waals surface area (Å²) < 4.78 is 23.3. The van der Waals surface area contributed by atoms with E-state index in [9.17, 15) is 5.11 Å². The van der Waals surface area contributed by atoms with Crippen molar-refractivity contribution in [2.75, 3.05) is 13.7 Å². The standard InChI is InChI=1S/C21H25NO5/c1-24-21-17(22-12-14-8-4-2-5-9-14)18(23)19-16(26-21)13-25-20(27-19)15-10-6-3-7-11-15/h2-11,16-23H,12-13H2,1H3/t16-,17-,18-,19-,20-,21-/m1/s1. The van der Waals surface area contributed by atoms with Gasteiger partial charge >= 0.3 is 0 Å². The molecule has 2 N–H and O–H groups in total. The molecule has 0 aromatic heterocycles. The third-order valence-corrected chi connectivity index (χ3v) is 5.05. The topological polar surface area (TPSA) is 69.2 Å². The molecule has 0 unspecified atom stereocenters. The lowest BCUT2D eigenvalue weighted by Crippen LogP contribution is -2.65. The van der Waals surface area contributed by atoms with Gasteiger partial charge in [0.15, 0.2) is 12.6 Å². The van der Waals surface area contributed by atoms with Crippen molar-refractivity contribution in [2.24, 2.45) is 0 Å². The van der Waals surface area contributed by atoms with Gasteiger partial charge in [-0.3, -0.25) is 0 Å². The van der Waals surface area contributed by atoms with Crippen molar-refractivity contribution in [1.82, 2.24) is 5.32 Å².